The number of nitrogens with one attached hydrogen (secondary N) is 1. The number of hydrogen-bond acceptors (Lipinski definition) is 5. The number of nitrogens with zero attached hydrogens (tertiary/aromatic N) is 5. The van der Waals surface area contributed by atoms with Gasteiger partial charge in [0.15, 0.2) is 0 Å². The molecule has 1 aliphatic heterocycles. The molecule has 0 radical (unpaired) electrons. The summed E-state index contributed by atoms with van der Waals surface area (Å²) < 4.78 is 1.95. The lowest BCUT2D eigenvalue weighted by Crippen LogP contribution is -2.22. The molecule has 1 fully saturated rings. The summed E-state index contributed by atoms with van der Waals surface area (Å²) in [7, 11) is 0. The van der Waals surface area contributed by atoms with Crippen LogP contribution in [-0.2, 0) is 6.54 Å². The molecule has 0 atom stereocenters. The molecule has 1 saturated heterocycles. The van der Waals surface area contributed by atoms with Gasteiger partial charge in [0, 0.05) is 49.8 Å². The molecule has 1 N–H and O–H groups in total. The highest BCUT2D eigenvalue weighted by Gasteiger charge is 2.17. The maximum absolute atomic E-state index is 4.73. The molecular weight excluding hydrogens is 276 g/mol. The summed E-state index contributed by atoms with van der Waals surface area (Å²) in [4.78, 5) is 11.7. The summed E-state index contributed by atoms with van der Waals surface area (Å²) in [5.74, 6) is 1.84. The van der Waals surface area contributed by atoms with Crippen molar-refractivity contribution >= 4 is 11.8 Å². The van der Waals surface area contributed by atoms with Crippen LogP contribution >= 0.6 is 0 Å². The van der Waals surface area contributed by atoms with E-state index >= 15 is 0 Å². The number of hydrogen-bond donors (Lipinski definition) is 1. The lowest BCUT2D eigenvalue weighted by Gasteiger charge is -2.18. The number of anilines is 2. The van der Waals surface area contributed by atoms with Crippen LogP contribution in [0.2, 0.25) is 0 Å². The van der Waals surface area contributed by atoms with Gasteiger partial charge in [0.1, 0.15) is 5.82 Å². The summed E-state index contributed by atoms with van der Waals surface area (Å²) >= 11 is 0. The SMILES string of the molecule is Cc1nc(N2CCCC2)nc(NCCCn2cccn2)c1C. The lowest BCUT2D eigenvalue weighted by atomic mass is 10.2. The van der Waals surface area contributed by atoms with E-state index in [-0.39, 0.29) is 0 Å². The normalized spacial score (nSPS) is 14.5. The Morgan fingerprint density at radius 2 is 2.00 bits per heavy atom. The van der Waals surface area contributed by atoms with Crippen LogP contribution in [0.3, 0.4) is 0 Å². The Morgan fingerprint density at radius 3 is 2.73 bits per heavy atom. The Balaban J connectivity index is 1.61. The van der Waals surface area contributed by atoms with Gasteiger partial charge in [-0.1, -0.05) is 0 Å². The monoisotopic (exact) mass is 300 g/mol. The van der Waals surface area contributed by atoms with Gasteiger partial charge in [0.25, 0.3) is 0 Å². The van der Waals surface area contributed by atoms with Gasteiger partial charge in [-0.15, -0.1) is 0 Å². The highest BCUT2D eigenvalue weighted by molar-refractivity contribution is 5.50. The molecule has 3 rings (SSSR count). The molecule has 0 bridgehead atoms. The molecule has 2 aromatic rings. The third-order valence-electron chi connectivity index (χ3n) is 4.18. The zero-order valence-electron chi connectivity index (χ0n) is 13.4. The first-order chi connectivity index (χ1) is 10.7. The molecule has 0 spiro atoms. The quantitative estimate of drug-likeness (QED) is 0.830. The van der Waals surface area contributed by atoms with Crippen molar-refractivity contribution in [3.05, 3.63) is 29.7 Å². The van der Waals surface area contributed by atoms with Crippen molar-refractivity contribution in [2.24, 2.45) is 0 Å². The third-order valence-corrected chi connectivity index (χ3v) is 4.18. The van der Waals surface area contributed by atoms with Crippen molar-refractivity contribution in [2.75, 3.05) is 29.9 Å². The first kappa shape index (κ1) is 14.8. The molecule has 0 unspecified atom stereocenters. The molecule has 118 valence electrons. The van der Waals surface area contributed by atoms with Crippen LogP contribution in [0.1, 0.15) is 30.5 Å². The average molecular weight is 300 g/mol. The molecule has 0 aliphatic carbocycles. The Bertz CT molecular complexity index is 601. The lowest BCUT2D eigenvalue weighted by molar-refractivity contribution is 0.591. The highest BCUT2D eigenvalue weighted by Crippen LogP contribution is 2.22. The van der Waals surface area contributed by atoms with Crippen LogP contribution < -0.4 is 10.2 Å². The predicted molar refractivity (Wildman–Crippen MR) is 88.3 cm³/mol. The Hall–Kier alpha value is -2.11. The first-order valence-electron chi connectivity index (χ1n) is 8.05. The molecule has 0 saturated carbocycles. The fourth-order valence-corrected chi connectivity index (χ4v) is 2.73. The molecule has 3 heterocycles. The molecule has 2 aromatic heterocycles. The third kappa shape index (κ3) is 3.37. The van der Waals surface area contributed by atoms with E-state index in [1.165, 1.54) is 12.8 Å². The molecular formula is C16H24N6. The van der Waals surface area contributed by atoms with Gasteiger partial charge in [0.05, 0.1) is 0 Å². The van der Waals surface area contributed by atoms with E-state index in [4.69, 9.17) is 4.98 Å². The molecule has 6 nitrogen and oxygen atoms in total. The fourth-order valence-electron chi connectivity index (χ4n) is 2.73. The second-order valence-electron chi connectivity index (χ2n) is 5.83. The van der Waals surface area contributed by atoms with Crippen LogP contribution in [0.5, 0.6) is 0 Å². The molecule has 0 amide bonds. The zero-order valence-corrected chi connectivity index (χ0v) is 13.4. The van der Waals surface area contributed by atoms with Crippen LogP contribution in [0.4, 0.5) is 11.8 Å². The van der Waals surface area contributed by atoms with Crippen LogP contribution in [0.15, 0.2) is 18.5 Å². The van der Waals surface area contributed by atoms with E-state index < -0.39 is 0 Å². The maximum atomic E-state index is 4.73. The predicted octanol–water partition coefficient (Wildman–Crippen LogP) is 2.39. The van der Waals surface area contributed by atoms with Crippen molar-refractivity contribution in [3.63, 3.8) is 0 Å². The van der Waals surface area contributed by atoms with Crippen LogP contribution in [0.25, 0.3) is 0 Å². The highest BCUT2D eigenvalue weighted by atomic mass is 15.3. The molecule has 0 aromatic carbocycles. The van der Waals surface area contributed by atoms with Crippen LogP contribution in [0, 0.1) is 13.8 Å². The summed E-state index contributed by atoms with van der Waals surface area (Å²) in [6.45, 7) is 8.09. The van der Waals surface area contributed by atoms with E-state index in [2.05, 4.69) is 34.1 Å². The molecule has 22 heavy (non-hydrogen) atoms. The van der Waals surface area contributed by atoms with Gasteiger partial charge >= 0.3 is 0 Å². The largest absolute Gasteiger partial charge is 0.370 e. The Morgan fingerprint density at radius 1 is 1.18 bits per heavy atom. The van der Waals surface area contributed by atoms with Crippen LogP contribution in [-0.4, -0.2) is 39.4 Å². The van der Waals surface area contributed by atoms with E-state index in [9.17, 15) is 0 Å². The minimum atomic E-state index is 0.871. The van der Waals surface area contributed by atoms with E-state index in [1.54, 1.807) is 0 Å². The summed E-state index contributed by atoms with van der Waals surface area (Å²) in [6.07, 6.45) is 7.30. The summed E-state index contributed by atoms with van der Waals surface area (Å²) in [6, 6.07) is 1.95. The minimum Gasteiger partial charge on any atom is -0.370 e. The minimum absolute atomic E-state index is 0.871. The van der Waals surface area contributed by atoms with E-state index in [0.717, 1.165) is 55.6 Å². The van der Waals surface area contributed by atoms with Crippen molar-refractivity contribution < 1.29 is 0 Å². The van der Waals surface area contributed by atoms with Gasteiger partial charge < -0.3 is 10.2 Å². The topological polar surface area (TPSA) is 58.9 Å². The summed E-state index contributed by atoms with van der Waals surface area (Å²) in [5, 5.41) is 7.68. The van der Waals surface area contributed by atoms with E-state index in [0.29, 0.717) is 0 Å². The second kappa shape index (κ2) is 6.77. The van der Waals surface area contributed by atoms with Gasteiger partial charge in [-0.2, -0.15) is 10.1 Å². The van der Waals surface area contributed by atoms with Crippen molar-refractivity contribution in [1.29, 1.82) is 0 Å². The summed E-state index contributed by atoms with van der Waals surface area (Å²) in [5.41, 5.74) is 2.20. The van der Waals surface area contributed by atoms with Gasteiger partial charge in [-0.3, -0.25) is 4.68 Å². The number of rotatable bonds is 6. The zero-order chi connectivity index (χ0) is 15.4. The van der Waals surface area contributed by atoms with Crippen molar-refractivity contribution in [1.82, 2.24) is 19.7 Å². The first-order valence-corrected chi connectivity index (χ1v) is 8.05. The van der Waals surface area contributed by atoms with Gasteiger partial charge in [-0.05, 0) is 39.2 Å². The second-order valence-corrected chi connectivity index (χ2v) is 5.83. The smallest absolute Gasteiger partial charge is 0.227 e. The Labute approximate surface area is 131 Å². The molecule has 6 heteroatoms. The molecule has 1 aliphatic rings. The maximum Gasteiger partial charge on any atom is 0.227 e. The standard InChI is InChI=1S/C16H24N6/c1-13-14(2)19-16(21-9-3-4-10-21)20-15(13)17-7-5-11-22-12-6-8-18-22/h6,8,12H,3-5,7,9-11H2,1-2H3,(H,17,19,20). The van der Waals surface area contributed by atoms with Gasteiger partial charge in [0.2, 0.25) is 5.95 Å². The van der Waals surface area contributed by atoms with E-state index in [1.807, 2.05) is 23.1 Å². The van der Waals surface area contributed by atoms with Crippen molar-refractivity contribution in [3.8, 4) is 0 Å². The fraction of sp³-hybridized carbons (Fsp3) is 0.562. The van der Waals surface area contributed by atoms with Gasteiger partial charge in [-0.25, -0.2) is 4.98 Å². The Kier molecular flexibility index (Phi) is 4.56. The number of aryl methyl sites for hydroxylation is 2. The van der Waals surface area contributed by atoms with Crippen molar-refractivity contribution in [2.45, 2.75) is 39.7 Å². The number of aromatic nitrogens is 4. The average Bonchev–Trinajstić information content (AvgIpc) is 3.20.